The Bertz CT molecular complexity index is 804. The Labute approximate surface area is 134 Å². The molecule has 0 aliphatic carbocycles. The summed E-state index contributed by atoms with van der Waals surface area (Å²) in [5.41, 5.74) is 2.87. The van der Waals surface area contributed by atoms with Gasteiger partial charge in [0.05, 0.1) is 16.8 Å². The molecule has 0 saturated carbocycles. The average molecular weight is 338 g/mol. The number of carbonyl (C=O) groups excluding carboxylic acids is 1. The molecule has 7 heteroatoms. The van der Waals surface area contributed by atoms with Gasteiger partial charge in [0.2, 0.25) is 10.0 Å². The lowest BCUT2D eigenvalue weighted by Crippen LogP contribution is -2.13. The molecule has 0 unspecified atom stereocenters. The standard InChI is InChI=1S/C15H18N2O3S2/c1-9-5-6-12(8-13(9)17-22(4,19)20)16-15(18)14-7-10(2)11(3)21-14/h5-8,17H,1-4H3,(H,16,18). The number of aryl methyl sites for hydroxylation is 3. The number of rotatable bonds is 4. The van der Waals surface area contributed by atoms with E-state index in [0.29, 0.717) is 16.3 Å². The number of hydrogen-bond donors (Lipinski definition) is 2. The largest absolute Gasteiger partial charge is 0.321 e. The minimum Gasteiger partial charge on any atom is -0.321 e. The Morgan fingerprint density at radius 1 is 1.09 bits per heavy atom. The molecule has 118 valence electrons. The zero-order valence-corrected chi connectivity index (χ0v) is 14.5. The van der Waals surface area contributed by atoms with Crippen molar-refractivity contribution in [3.05, 3.63) is 45.1 Å². The molecule has 1 aromatic heterocycles. The molecule has 0 radical (unpaired) electrons. The summed E-state index contributed by atoms with van der Waals surface area (Å²) >= 11 is 1.44. The molecule has 0 fully saturated rings. The fraction of sp³-hybridized carbons (Fsp3) is 0.267. The van der Waals surface area contributed by atoms with E-state index in [1.165, 1.54) is 11.3 Å². The SMILES string of the molecule is Cc1ccc(NC(=O)c2cc(C)c(C)s2)cc1NS(C)(=O)=O. The van der Waals surface area contributed by atoms with Crippen LogP contribution in [0.2, 0.25) is 0 Å². The maximum Gasteiger partial charge on any atom is 0.265 e. The molecule has 5 nitrogen and oxygen atoms in total. The fourth-order valence-corrected chi connectivity index (χ4v) is 3.44. The van der Waals surface area contributed by atoms with Gasteiger partial charge < -0.3 is 5.32 Å². The number of hydrogen-bond acceptors (Lipinski definition) is 4. The van der Waals surface area contributed by atoms with Crippen LogP contribution in [0.15, 0.2) is 24.3 Å². The summed E-state index contributed by atoms with van der Waals surface area (Å²) in [6.45, 7) is 5.73. The second kappa shape index (κ2) is 6.10. The average Bonchev–Trinajstić information content (AvgIpc) is 2.72. The van der Waals surface area contributed by atoms with Crippen LogP contribution in [0.25, 0.3) is 0 Å². The summed E-state index contributed by atoms with van der Waals surface area (Å²) < 4.78 is 25.1. The third-order valence-corrected chi connectivity index (χ3v) is 4.92. The van der Waals surface area contributed by atoms with Crippen molar-refractivity contribution in [2.24, 2.45) is 0 Å². The van der Waals surface area contributed by atoms with Crippen molar-refractivity contribution in [2.75, 3.05) is 16.3 Å². The van der Waals surface area contributed by atoms with Crippen molar-refractivity contribution in [3.63, 3.8) is 0 Å². The highest BCUT2D eigenvalue weighted by Gasteiger charge is 2.12. The van der Waals surface area contributed by atoms with E-state index in [1.807, 2.05) is 19.9 Å². The quantitative estimate of drug-likeness (QED) is 0.898. The Balaban J connectivity index is 2.23. The van der Waals surface area contributed by atoms with Crippen LogP contribution >= 0.6 is 11.3 Å². The summed E-state index contributed by atoms with van der Waals surface area (Å²) in [7, 11) is -3.36. The topological polar surface area (TPSA) is 75.3 Å². The van der Waals surface area contributed by atoms with Crippen molar-refractivity contribution in [3.8, 4) is 0 Å². The van der Waals surface area contributed by atoms with Gasteiger partial charge >= 0.3 is 0 Å². The highest BCUT2D eigenvalue weighted by Crippen LogP contribution is 2.24. The predicted molar refractivity (Wildman–Crippen MR) is 91.4 cm³/mol. The Morgan fingerprint density at radius 3 is 2.32 bits per heavy atom. The van der Waals surface area contributed by atoms with E-state index in [0.717, 1.165) is 22.3 Å². The Kier molecular flexibility index (Phi) is 4.58. The van der Waals surface area contributed by atoms with Crippen LogP contribution < -0.4 is 10.0 Å². The van der Waals surface area contributed by atoms with Gasteiger partial charge in [0.1, 0.15) is 0 Å². The fourth-order valence-electron chi connectivity index (χ4n) is 1.89. The van der Waals surface area contributed by atoms with E-state index in [1.54, 1.807) is 25.1 Å². The van der Waals surface area contributed by atoms with Gasteiger partial charge in [-0.2, -0.15) is 0 Å². The number of anilines is 2. The van der Waals surface area contributed by atoms with Gasteiger partial charge in [-0.25, -0.2) is 8.42 Å². The number of thiophene rings is 1. The molecule has 1 heterocycles. The van der Waals surface area contributed by atoms with Crippen molar-refractivity contribution in [1.29, 1.82) is 0 Å². The highest BCUT2D eigenvalue weighted by molar-refractivity contribution is 7.92. The number of carbonyl (C=O) groups is 1. The van der Waals surface area contributed by atoms with Gasteiger partial charge in [-0.3, -0.25) is 9.52 Å². The first-order valence-electron chi connectivity index (χ1n) is 6.62. The third-order valence-electron chi connectivity index (χ3n) is 3.18. The Morgan fingerprint density at radius 2 is 1.77 bits per heavy atom. The summed E-state index contributed by atoms with van der Waals surface area (Å²) in [6, 6.07) is 6.96. The Hall–Kier alpha value is -1.86. The molecule has 0 aliphatic heterocycles. The molecule has 22 heavy (non-hydrogen) atoms. The second-order valence-electron chi connectivity index (χ2n) is 5.21. The first-order chi connectivity index (χ1) is 10.2. The van der Waals surface area contributed by atoms with Gasteiger partial charge in [0.25, 0.3) is 5.91 Å². The van der Waals surface area contributed by atoms with E-state index in [9.17, 15) is 13.2 Å². The number of sulfonamides is 1. The molecule has 0 aliphatic rings. The van der Waals surface area contributed by atoms with Crippen LogP contribution in [0.4, 0.5) is 11.4 Å². The maximum absolute atomic E-state index is 12.2. The van der Waals surface area contributed by atoms with Crippen molar-refractivity contribution in [2.45, 2.75) is 20.8 Å². The van der Waals surface area contributed by atoms with Crippen molar-refractivity contribution >= 4 is 38.6 Å². The van der Waals surface area contributed by atoms with E-state index < -0.39 is 10.0 Å². The lowest BCUT2D eigenvalue weighted by molar-refractivity contribution is 0.103. The summed E-state index contributed by atoms with van der Waals surface area (Å²) in [6.07, 6.45) is 1.09. The summed E-state index contributed by atoms with van der Waals surface area (Å²) in [4.78, 5) is 14.0. The molecule has 2 aromatic rings. The number of nitrogens with one attached hydrogen (secondary N) is 2. The smallest absolute Gasteiger partial charge is 0.265 e. The second-order valence-corrected chi connectivity index (χ2v) is 8.21. The number of amides is 1. The molecule has 1 aromatic carbocycles. The van der Waals surface area contributed by atoms with Gasteiger partial charge in [-0.05, 0) is 50.1 Å². The van der Waals surface area contributed by atoms with Crippen LogP contribution in [-0.4, -0.2) is 20.6 Å². The zero-order valence-electron chi connectivity index (χ0n) is 12.9. The first-order valence-corrected chi connectivity index (χ1v) is 9.33. The molecule has 0 spiro atoms. The molecule has 0 bridgehead atoms. The summed E-state index contributed by atoms with van der Waals surface area (Å²) in [5.74, 6) is -0.199. The lowest BCUT2D eigenvalue weighted by Gasteiger charge is -2.10. The van der Waals surface area contributed by atoms with Gasteiger partial charge in [0.15, 0.2) is 0 Å². The van der Waals surface area contributed by atoms with E-state index in [4.69, 9.17) is 0 Å². The zero-order chi connectivity index (χ0) is 16.5. The van der Waals surface area contributed by atoms with Gasteiger partial charge in [0, 0.05) is 10.6 Å². The first kappa shape index (κ1) is 16.5. The molecule has 2 rings (SSSR count). The highest BCUT2D eigenvalue weighted by atomic mass is 32.2. The third kappa shape index (κ3) is 4.08. The van der Waals surface area contributed by atoms with Crippen LogP contribution in [0.5, 0.6) is 0 Å². The molecule has 0 saturated heterocycles. The van der Waals surface area contributed by atoms with Crippen LogP contribution in [0.3, 0.4) is 0 Å². The van der Waals surface area contributed by atoms with Crippen LogP contribution in [-0.2, 0) is 10.0 Å². The minimum atomic E-state index is -3.36. The summed E-state index contributed by atoms with van der Waals surface area (Å²) in [5, 5.41) is 2.79. The van der Waals surface area contributed by atoms with Crippen molar-refractivity contribution in [1.82, 2.24) is 0 Å². The maximum atomic E-state index is 12.2. The predicted octanol–water partition coefficient (Wildman–Crippen LogP) is 3.30. The normalized spacial score (nSPS) is 11.3. The van der Waals surface area contributed by atoms with Crippen LogP contribution in [0, 0.1) is 20.8 Å². The molecule has 2 N–H and O–H groups in total. The minimum absolute atomic E-state index is 0.199. The van der Waals surface area contributed by atoms with Gasteiger partial charge in [-0.15, -0.1) is 11.3 Å². The monoisotopic (exact) mass is 338 g/mol. The van der Waals surface area contributed by atoms with Crippen molar-refractivity contribution < 1.29 is 13.2 Å². The van der Waals surface area contributed by atoms with Gasteiger partial charge in [-0.1, -0.05) is 6.07 Å². The number of benzene rings is 1. The lowest BCUT2D eigenvalue weighted by atomic mass is 10.2. The molecule has 0 atom stereocenters. The van der Waals surface area contributed by atoms with Crippen LogP contribution in [0.1, 0.15) is 25.7 Å². The van der Waals surface area contributed by atoms with E-state index in [-0.39, 0.29) is 5.91 Å². The molecular weight excluding hydrogens is 320 g/mol. The molecule has 1 amide bonds. The molecular formula is C15H18N2O3S2. The van der Waals surface area contributed by atoms with E-state index in [2.05, 4.69) is 10.0 Å². The van der Waals surface area contributed by atoms with E-state index >= 15 is 0 Å².